The smallest absolute Gasteiger partial charge is 0.339 e. The van der Waals surface area contributed by atoms with Crippen molar-refractivity contribution < 1.29 is 9.53 Å². The molecule has 0 spiro atoms. The van der Waals surface area contributed by atoms with Gasteiger partial charge in [0.25, 0.3) is 0 Å². The molecule has 1 aromatic rings. The van der Waals surface area contributed by atoms with Crippen LogP contribution in [0.2, 0.25) is 0 Å². The largest absolute Gasteiger partial charge is 0.465 e. The van der Waals surface area contributed by atoms with Gasteiger partial charge in [0.05, 0.1) is 30.4 Å². The van der Waals surface area contributed by atoms with Crippen molar-refractivity contribution in [2.75, 3.05) is 25.6 Å². The average Bonchev–Trinajstić information content (AvgIpc) is 2.37. The van der Waals surface area contributed by atoms with E-state index in [0.29, 0.717) is 17.8 Å². The Bertz CT molecular complexity index is 480. The monoisotopic (exact) mass is 247 g/mol. The highest BCUT2D eigenvalue weighted by molar-refractivity contribution is 5.90. The summed E-state index contributed by atoms with van der Waals surface area (Å²) in [7, 11) is 3.21. The summed E-state index contributed by atoms with van der Waals surface area (Å²) in [6, 6.07) is 5.62. The van der Waals surface area contributed by atoms with Crippen LogP contribution in [0.5, 0.6) is 0 Å². The van der Waals surface area contributed by atoms with Gasteiger partial charge in [-0.2, -0.15) is 5.26 Å². The number of hydrogen-bond donors (Lipinski definition) is 0. The zero-order valence-electron chi connectivity index (χ0n) is 11.1. The lowest BCUT2D eigenvalue weighted by molar-refractivity contribution is 0.0599. The van der Waals surface area contributed by atoms with E-state index in [2.05, 4.69) is 15.8 Å². The molecule has 0 saturated heterocycles. The Morgan fingerprint density at radius 2 is 2.28 bits per heavy atom. The maximum Gasteiger partial charge on any atom is 0.339 e. The molecule has 96 valence electrons. The molecular weight excluding hydrogens is 230 g/mol. The topological polar surface area (TPSA) is 66.2 Å². The summed E-state index contributed by atoms with van der Waals surface area (Å²) in [5, 5.41) is 8.78. The molecule has 0 aliphatic heterocycles. The molecule has 0 saturated carbocycles. The highest BCUT2D eigenvalue weighted by atomic mass is 16.5. The molecule has 0 bridgehead atoms. The van der Waals surface area contributed by atoms with Crippen LogP contribution in [-0.4, -0.2) is 31.7 Å². The molecule has 0 aromatic carbocycles. The zero-order valence-corrected chi connectivity index (χ0v) is 11.1. The second-order valence-corrected chi connectivity index (χ2v) is 4.20. The summed E-state index contributed by atoms with van der Waals surface area (Å²) >= 11 is 0. The summed E-state index contributed by atoms with van der Waals surface area (Å²) in [5.41, 5.74) is 1.08. The third-order valence-electron chi connectivity index (χ3n) is 2.64. The molecule has 1 heterocycles. The van der Waals surface area contributed by atoms with Gasteiger partial charge >= 0.3 is 5.97 Å². The number of carbonyl (C=O) groups excluding carboxylic acids is 1. The van der Waals surface area contributed by atoms with Crippen LogP contribution in [-0.2, 0) is 4.74 Å². The molecule has 0 aliphatic rings. The van der Waals surface area contributed by atoms with Crippen LogP contribution in [0.15, 0.2) is 12.1 Å². The number of anilines is 1. The van der Waals surface area contributed by atoms with E-state index in [0.717, 1.165) is 5.82 Å². The van der Waals surface area contributed by atoms with Crippen molar-refractivity contribution in [2.45, 2.75) is 13.8 Å². The van der Waals surface area contributed by atoms with Crippen LogP contribution < -0.4 is 4.90 Å². The average molecular weight is 247 g/mol. The van der Waals surface area contributed by atoms with E-state index in [1.807, 2.05) is 18.9 Å². The Balaban J connectivity index is 2.91. The normalized spacial score (nSPS) is 11.5. The van der Waals surface area contributed by atoms with E-state index in [1.54, 1.807) is 19.1 Å². The quantitative estimate of drug-likeness (QED) is 0.759. The van der Waals surface area contributed by atoms with E-state index in [-0.39, 0.29) is 11.9 Å². The van der Waals surface area contributed by atoms with E-state index in [4.69, 9.17) is 5.26 Å². The molecule has 0 radical (unpaired) electrons. The molecule has 5 nitrogen and oxygen atoms in total. The molecule has 0 N–H and O–H groups in total. The molecule has 5 heteroatoms. The van der Waals surface area contributed by atoms with Gasteiger partial charge in [-0.25, -0.2) is 9.78 Å². The predicted octanol–water partition coefficient (Wildman–Crippen LogP) is 1.77. The van der Waals surface area contributed by atoms with E-state index in [1.165, 1.54) is 7.11 Å². The molecule has 0 amide bonds. The Morgan fingerprint density at radius 3 is 2.78 bits per heavy atom. The van der Waals surface area contributed by atoms with Gasteiger partial charge in [-0.1, -0.05) is 0 Å². The summed E-state index contributed by atoms with van der Waals surface area (Å²) in [5.74, 6) is 0.277. The summed E-state index contributed by atoms with van der Waals surface area (Å²) in [6.45, 7) is 4.21. The predicted molar refractivity (Wildman–Crippen MR) is 68.4 cm³/mol. The Hall–Kier alpha value is -2.09. The van der Waals surface area contributed by atoms with Crippen molar-refractivity contribution in [3.63, 3.8) is 0 Å². The number of nitriles is 1. The number of hydrogen-bond acceptors (Lipinski definition) is 5. The van der Waals surface area contributed by atoms with Crippen LogP contribution in [0.4, 0.5) is 5.82 Å². The SMILES string of the molecule is COC(=O)c1ccc(N(C)CC(C)C#N)nc1C. The third kappa shape index (κ3) is 3.20. The first kappa shape index (κ1) is 14.0. The van der Waals surface area contributed by atoms with Crippen LogP contribution in [0.25, 0.3) is 0 Å². The van der Waals surface area contributed by atoms with Crippen molar-refractivity contribution in [3.8, 4) is 6.07 Å². The van der Waals surface area contributed by atoms with Crippen molar-refractivity contribution >= 4 is 11.8 Å². The Kier molecular flexibility index (Phi) is 4.67. The zero-order chi connectivity index (χ0) is 13.7. The number of pyridine rings is 1. The lowest BCUT2D eigenvalue weighted by Gasteiger charge is -2.20. The van der Waals surface area contributed by atoms with E-state index in [9.17, 15) is 4.79 Å². The minimum atomic E-state index is -0.389. The van der Waals surface area contributed by atoms with Crippen molar-refractivity contribution in [1.82, 2.24) is 4.98 Å². The summed E-state index contributed by atoms with van der Waals surface area (Å²) < 4.78 is 4.66. The van der Waals surface area contributed by atoms with Gasteiger partial charge in [0.15, 0.2) is 0 Å². The van der Waals surface area contributed by atoms with Gasteiger partial charge in [-0.05, 0) is 26.0 Å². The number of nitrogens with zero attached hydrogens (tertiary/aromatic N) is 3. The van der Waals surface area contributed by atoms with Crippen LogP contribution in [0.3, 0.4) is 0 Å². The first-order chi connectivity index (χ1) is 8.49. The van der Waals surface area contributed by atoms with E-state index >= 15 is 0 Å². The van der Waals surface area contributed by atoms with E-state index < -0.39 is 0 Å². The number of esters is 1. The first-order valence-electron chi connectivity index (χ1n) is 5.66. The van der Waals surface area contributed by atoms with Gasteiger partial charge in [-0.15, -0.1) is 0 Å². The molecule has 1 aromatic heterocycles. The minimum Gasteiger partial charge on any atom is -0.465 e. The van der Waals surface area contributed by atoms with Crippen molar-refractivity contribution in [1.29, 1.82) is 5.26 Å². The minimum absolute atomic E-state index is 0.0719. The maximum atomic E-state index is 11.4. The van der Waals surface area contributed by atoms with Crippen LogP contribution >= 0.6 is 0 Å². The molecule has 1 unspecified atom stereocenters. The summed E-state index contributed by atoms with van der Waals surface area (Å²) in [6.07, 6.45) is 0. The first-order valence-corrected chi connectivity index (χ1v) is 5.66. The van der Waals surface area contributed by atoms with Crippen LogP contribution in [0, 0.1) is 24.2 Å². The van der Waals surface area contributed by atoms with Crippen molar-refractivity contribution in [3.05, 3.63) is 23.4 Å². The fraction of sp³-hybridized carbons (Fsp3) is 0.462. The highest BCUT2D eigenvalue weighted by Crippen LogP contribution is 2.15. The van der Waals surface area contributed by atoms with Gasteiger partial charge in [0, 0.05) is 13.6 Å². The molecule has 0 fully saturated rings. The van der Waals surface area contributed by atoms with Crippen molar-refractivity contribution in [2.24, 2.45) is 5.92 Å². The number of ether oxygens (including phenoxy) is 1. The number of rotatable bonds is 4. The lowest BCUT2D eigenvalue weighted by Crippen LogP contribution is -2.24. The van der Waals surface area contributed by atoms with Crippen LogP contribution in [0.1, 0.15) is 23.0 Å². The summed E-state index contributed by atoms with van der Waals surface area (Å²) in [4.78, 5) is 17.7. The second-order valence-electron chi connectivity index (χ2n) is 4.20. The van der Waals surface area contributed by atoms with Gasteiger partial charge < -0.3 is 9.64 Å². The van der Waals surface area contributed by atoms with Gasteiger partial charge in [0.1, 0.15) is 5.82 Å². The van der Waals surface area contributed by atoms with Gasteiger partial charge in [-0.3, -0.25) is 0 Å². The second kappa shape index (κ2) is 6.01. The number of carbonyl (C=O) groups is 1. The molecule has 18 heavy (non-hydrogen) atoms. The molecule has 0 aliphatic carbocycles. The fourth-order valence-corrected chi connectivity index (χ4v) is 1.63. The third-order valence-corrected chi connectivity index (χ3v) is 2.64. The standard InChI is InChI=1S/C13H17N3O2/c1-9(7-14)8-16(3)12-6-5-11(10(2)15-12)13(17)18-4/h5-6,9H,8H2,1-4H3. The Labute approximate surface area is 107 Å². The molecule has 1 rings (SSSR count). The molecule has 1 atom stereocenters. The lowest BCUT2D eigenvalue weighted by atomic mass is 10.2. The maximum absolute atomic E-state index is 11.4. The van der Waals surface area contributed by atoms with Gasteiger partial charge in [0.2, 0.25) is 0 Å². The number of aryl methyl sites for hydroxylation is 1. The Morgan fingerprint density at radius 1 is 1.61 bits per heavy atom. The fourth-order valence-electron chi connectivity index (χ4n) is 1.63. The molecular formula is C13H17N3O2. The number of methoxy groups -OCH3 is 1. The number of aromatic nitrogens is 1. The highest BCUT2D eigenvalue weighted by Gasteiger charge is 2.13.